The Bertz CT molecular complexity index is 668. The summed E-state index contributed by atoms with van der Waals surface area (Å²) < 4.78 is 27.6. The number of hydrogen-bond acceptors (Lipinski definition) is 5. The van der Waals surface area contributed by atoms with E-state index in [1.807, 2.05) is 12.1 Å². The zero-order valence-corrected chi connectivity index (χ0v) is 13.8. The van der Waals surface area contributed by atoms with E-state index in [4.69, 9.17) is 5.73 Å². The van der Waals surface area contributed by atoms with Crippen molar-refractivity contribution in [1.29, 1.82) is 0 Å². The molecule has 0 spiro atoms. The van der Waals surface area contributed by atoms with E-state index >= 15 is 0 Å². The predicted molar refractivity (Wildman–Crippen MR) is 83.0 cm³/mol. The molecule has 0 bridgehead atoms. The van der Waals surface area contributed by atoms with Crippen LogP contribution in [-0.2, 0) is 23.0 Å². The molecule has 0 saturated carbocycles. The van der Waals surface area contributed by atoms with Crippen molar-refractivity contribution in [3.05, 3.63) is 44.7 Å². The van der Waals surface area contributed by atoms with Gasteiger partial charge in [0.25, 0.3) is 10.0 Å². The highest BCUT2D eigenvalue weighted by Gasteiger charge is 2.14. The fourth-order valence-corrected chi connectivity index (χ4v) is 4.00. The summed E-state index contributed by atoms with van der Waals surface area (Å²) in [6.07, 6.45) is 2.13. The van der Waals surface area contributed by atoms with Gasteiger partial charge in [-0.1, -0.05) is 6.07 Å². The number of nitrogens with zero attached hydrogens (tertiary/aromatic N) is 1. The minimum Gasteiger partial charge on any atom is -0.326 e. The van der Waals surface area contributed by atoms with Crippen molar-refractivity contribution in [2.75, 3.05) is 6.54 Å². The highest BCUT2D eigenvalue weighted by Crippen LogP contribution is 2.22. The summed E-state index contributed by atoms with van der Waals surface area (Å²) in [7, 11) is -3.56. The highest BCUT2D eigenvalue weighted by atomic mass is 79.9. The number of rotatable bonds is 6. The summed E-state index contributed by atoms with van der Waals surface area (Å²) in [6.45, 7) is 0.684. The molecular formula is C12H14BrN3O2S2. The zero-order chi connectivity index (χ0) is 14.6. The van der Waals surface area contributed by atoms with E-state index in [-0.39, 0.29) is 5.03 Å². The first-order valence-electron chi connectivity index (χ1n) is 5.90. The van der Waals surface area contributed by atoms with Crippen LogP contribution in [0.4, 0.5) is 0 Å². The van der Waals surface area contributed by atoms with Gasteiger partial charge in [0.2, 0.25) is 0 Å². The summed E-state index contributed by atoms with van der Waals surface area (Å²) in [5.41, 5.74) is 6.25. The first-order chi connectivity index (χ1) is 9.51. The third-order valence-electron chi connectivity index (χ3n) is 2.60. The van der Waals surface area contributed by atoms with Gasteiger partial charge in [-0.05, 0) is 46.1 Å². The largest absolute Gasteiger partial charge is 0.326 e. The van der Waals surface area contributed by atoms with Gasteiger partial charge in [-0.25, -0.2) is 18.1 Å². The molecule has 0 aliphatic heterocycles. The van der Waals surface area contributed by atoms with Crippen LogP contribution in [0, 0.1) is 0 Å². The number of hydrogen-bond donors (Lipinski definition) is 2. The molecule has 0 aliphatic rings. The van der Waals surface area contributed by atoms with Gasteiger partial charge in [-0.3, -0.25) is 0 Å². The second-order valence-electron chi connectivity index (χ2n) is 4.06. The fraction of sp³-hybridized carbons (Fsp3) is 0.250. The van der Waals surface area contributed by atoms with Crippen molar-refractivity contribution in [2.24, 2.45) is 5.73 Å². The van der Waals surface area contributed by atoms with Crippen LogP contribution in [-0.4, -0.2) is 19.9 Å². The lowest BCUT2D eigenvalue weighted by atomic mass is 10.3. The SMILES string of the molecule is NCc1ccc(S(=O)(=O)NCCc2ccc(Br)s2)nc1. The molecule has 5 nitrogen and oxygen atoms in total. The summed E-state index contributed by atoms with van der Waals surface area (Å²) >= 11 is 4.96. The quantitative estimate of drug-likeness (QED) is 0.806. The van der Waals surface area contributed by atoms with Crippen LogP contribution in [0.25, 0.3) is 0 Å². The summed E-state index contributed by atoms with van der Waals surface area (Å²) in [6, 6.07) is 7.04. The number of nitrogens with one attached hydrogen (secondary N) is 1. The molecule has 0 atom stereocenters. The van der Waals surface area contributed by atoms with Crippen LogP contribution in [0.1, 0.15) is 10.4 Å². The average molecular weight is 376 g/mol. The molecule has 0 aliphatic carbocycles. The maximum absolute atomic E-state index is 12.0. The first kappa shape index (κ1) is 15.6. The van der Waals surface area contributed by atoms with Crippen molar-refractivity contribution >= 4 is 37.3 Å². The molecule has 0 radical (unpaired) electrons. The normalized spacial score (nSPS) is 11.7. The van der Waals surface area contributed by atoms with Crippen molar-refractivity contribution in [3.8, 4) is 0 Å². The van der Waals surface area contributed by atoms with Crippen LogP contribution in [0.5, 0.6) is 0 Å². The molecular weight excluding hydrogens is 362 g/mol. The van der Waals surface area contributed by atoms with Crippen LogP contribution >= 0.6 is 27.3 Å². The molecule has 2 aromatic rings. The Balaban J connectivity index is 1.96. The molecule has 3 N–H and O–H groups in total. The maximum atomic E-state index is 12.0. The Morgan fingerprint density at radius 3 is 2.65 bits per heavy atom. The van der Waals surface area contributed by atoms with Gasteiger partial charge >= 0.3 is 0 Å². The molecule has 0 unspecified atom stereocenters. The lowest BCUT2D eigenvalue weighted by molar-refractivity contribution is 0.578. The molecule has 8 heteroatoms. The number of nitrogens with two attached hydrogens (primary N) is 1. The molecule has 2 rings (SSSR count). The number of sulfonamides is 1. The van der Waals surface area contributed by atoms with Crippen LogP contribution in [0.2, 0.25) is 0 Å². The second-order valence-corrected chi connectivity index (χ2v) is 8.32. The lowest BCUT2D eigenvalue weighted by Crippen LogP contribution is -2.26. The van der Waals surface area contributed by atoms with Gasteiger partial charge in [0, 0.05) is 24.2 Å². The van der Waals surface area contributed by atoms with E-state index in [9.17, 15) is 8.42 Å². The Morgan fingerprint density at radius 2 is 2.10 bits per heavy atom. The first-order valence-corrected chi connectivity index (χ1v) is 8.99. The zero-order valence-electron chi connectivity index (χ0n) is 10.5. The van der Waals surface area contributed by atoms with E-state index in [1.165, 1.54) is 12.3 Å². The van der Waals surface area contributed by atoms with E-state index in [2.05, 4.69) is 25.6 Å². The van der Waals surface area contributed by atoms with Crippen LogP contribution < -0.4 is 10.5 Å². The van der Waals surface area contributed by atoms with Crippen LogP contribution in [0.15, 0.2) is 39.3 Å². The number of thiophene rings is 1. The standard InChI is InChI=1S/C12H14BrN3O2S2/c13-11-3-2-10(19-11)5-6-16-20(17,18)12-4-1-9(7-14)8-15-12/h1-4,8,16H,5-7,14H2. The average Bonchev–Trinajstić information content (AvgIpc) is 2.84. The molecule has 0 fully saturated rings. The van der Waals surface area contributed by atoms with Crippen molar-refractivity contribution < 1.29 is 8.42 Å². The third kappa shape index (κ3) is 4.10. The fourth-order valence-electron chi connectivity index (χ4n) is 1.56. The van der Waals surface area contributed by atoms with E-state index in [0.717, 1.165) is 14.2 Å². The highest BCUT2D eigenvalue weighted by molar-refractivity contribution is 9.11. The Kier molecular flexibility index (Phi) is 5.28. The summed E-state index contributed by atoms with van der Waals surface area (Å²) in [4.78, 5) is 5.03. The van der Waals surface area contributed by atoms with E-state index in [1.54, 1.807) is 17.4 Å². The minimum absolute atomic E-state index is 0.0158. The molecule has 20 heavy (non-hydrogen) atoms. The molecule has 0 amide bonds. The van der Waals surface area contributed by atoms with Gasteiger partial charge in [0.05, 0.1) is 3.79 Å². The number of aromatic nitrogens is 1. The number of pyridine rings is 1. The van der Waals surface area contributed by atoms with Gasteiger partial charge < -0.3 is 5.73 Å². The van der Waals surface area contributed by atoms with E-state index < -0.39 is 10.0 Å². The van der Waals surface area contributed by atoms with Gasteiger partial charge in [-0.2, -0.15) is 0 Å². The van der Waals surface area contributed by atoms with Crippen molar-refractivity contribution in [1.82, 2.24) is 9.71 Å². The number of halogens is 1. The molecule has 2 aromatic heterocycles. The topological polar surface area (TPSA) is 85.1 Å². The van der Waals surface area contributed by atoms with Gasteiger partial charge in [0.1, 0.15) is 0 Å². The monoisotopic (exact) mass is 375 g/mol. The molecule has 2 heterocycles. The van der Waals surface area contributed by atoms with Gasteiger partial charge in [0.15, 0.2) is 5.03 Å². The Labute approximate surface area is 130 Å². The Morgan fingerprint density at radius 1 is 1.30 bits per heavy atom. The van der Waals surface area contributed by atoms with Crippen LogP contribution in [0.3, 0.4) is 0 Å². The van der Waals surface area contributed by atoms with Crippen molar-refractivity contribution in [2.45, 2.75) is 18.0 Å². The van der Waals surface area contributed by atoms with Crippen molar-refractivity contribution in [3.63, 3.8) is 0 Å². The molecule has 0 aromatic carbocycles. The minimum atomic E-state index is -3.56. The second kappa shape index (κ2) is 6.77. The maximum Gasteiger partial charge on any atom is 0.258 e. The van der Waals surface area contributed by atoms with Gasteiger partial charge in [-0.15, -0.1) is 11.3 Å². The Hall–Kier alpha value is -0.800. The molecule has 0 saturated heterocycles. The predicted octanol–water partition coefficient (Wildman–Crippen LogP) is 1.89. The lowest BCUT2D eigenvalue weighted by Gasteiger charge is -2.05. The third-order valence-corrected chi connectivity index (χ3v) is 5.66. The summed E-state index contributed by atoms with van der Waals surface area (Å²) in [5.74, 6) is 0. The summed E-state index contributed by atoms with van der Waals surface area (Å²) in [5, 5.41) is 0.0158. The molecule has 108 valence electrons. The smallest absolute Gasteiger partial charge is 0.258 e. The van der Waals surface area contributed by atoms with E-state index in [0.29, 0.717) is 19.5 Å².